The molecule has 1 N–H and O–H groups in total. The lowest BCUT2D eigenvalue weighted by molar-refractivity contribution is -0.138. The number of allylic oxidation sites excluding steroid dienone is 1. The fourth-order valence-corrected chi connectivity index (χ4v) is 4.94. The summed E-state index contributed by atoms with van der Waals surface area (Å²) in [6.07, 6.45) is 2.95. The number of hydrogen-bond acceptors (Lipinski definition) is 7. The monoisotopic (exact) mass is 456 g/mol. The van der Waals surface area contributed by atoms with Crippen LogP contribution in [0.15, 0.2) is 69.7 Å². The van der Waals surface area contributed by atoms with E-state index in [4.69, 9.17) is 14.5 Å². The van der Waals surface area contributed by atoms with Gasteiger partial charge in [0, 0.05) is 16.3 Å². The molecule has 5 nitrogen and oxygen atoms in total. The molecular weight excluding hydrogens is 428 g/mol. The molecule has 0 saturated carbocycles. The zero-order chi connectivity index (χ0) is 22.2. The molecule has 164 valence electrons. The first-order valence-corrected chi connectivity index (χ1v) is 12.4. The summed E-state index contributed by atoms with van der Waals surface area (Å²) in [4.78, 5) is 18.8. The predicted octanol–water partition coefficient (Wildman–Crippen LogP) is 5.23. The van der Waals surface area contributed by atoms with Crippen LogP contribution in [0.3, 0.4) is 0 Å². The Labute approximate surface area is 192 Å². The summed E-state index contributed by atoms with van der Waals surface area (Å²) in [5.41, 5.74) is 3.63. The van der Waals surface area contributed by atoms with Crippen LogP contribution >= 0.6 is 23.5 Å². The Morgan fingerprint density at radius 2 is 1.90 bits per heavy atom. The Hall–Kier alpha value is -2.38. The topological polar surface area (TPSA) is 59.9 Å². The summed E-state index contributed by atoms with van der Waals surface area (Å²) in [5, 5.41) is 4.13. The van der Waals surface area contributed by atoms with Crippen molar-refractivity contribution in [3.8, 4) is 5.75 Å². The molecule has 2 aromatic rings. The van der Waals surface area contributed by atoms with Crippen molar-refractivity contribution in [2.75, 3.05) is 25.7 Å². The minimum Gasteiger partial charge on any atom is -0.497 e. The van der Waals surface area contributed by atoms with E-state index in [0.717, 1.165) is 39.2 Å². The number of benzene rings is 2. The zero-order valence-corrected chi connectivity index (χ0v) is 19.9. The number of rotatable bonds is 8. The minimum atomic E-state index is -0.382. The van der Waals surface area contributed by atoms with Gasteiger partial charge in [-0.2, -0.15) is 0 Å². The number of amidine groups is 1. The van der Waals surface area contributed by atoms with Crippen molar-refractivity contribution in [2.45, 2.75) is 31.2 Å². The van der Waals surface area contributed by atoms with Crippen LogP contribution in [-0.4, -0.2) is 36.9 Å². The molecule has 7 heteroatoms. The summed E-state index contributed by atoms with van der Waals surface area (Å²) in [6, 6.07) is 15.8. The Kier molecular flexibility index (Phi) is 8.49. The number of thioether (sulfide) groups is 2. The molecule has 1 heterocycles. The maximum absolute atomic E-state index is 12.7. The van der Waals surface area contributed by atoms with E-state index in [9.17, 15) is 4.79 Å². The second-order valence-corrected chi connectivity index (χ2v) is 8.84. The Morgan fingerprint density at radius 3 is 2.58 bits per heavy atom. The third-order valence-electron chi connectivity index (χ3n) is 4.94. The zero-order valence-electron chi connectivity index (χ0n) is 18.3. The predicted molar refractivity (Wildman–Crippen MR) is 130 cm³/mol. The first-order valence-electron chi connectivity index (χ1n) is 10.2. The molecule has 1 aliphatic heterocycles. The number of nitrogens with zero attached hydrogens (tertiary/aromatic N) is 1. The van der Waals surface area contributed by atoms with Gasteiger partial charge in [0.15, 0.2) is 5.17 Å². The van der Waals surface area contributed by atoms with E-state index in [2.05, 4.69) is 23.5 Å². The van der Waals surface area contributed by atoms with Crippen molar-refractivity contribution < 1.29 is 14.3 Å². The molecule has 0 radical (unpaired) electrons. The molecule has 0 aromatic heterocycles. The third kappa shape index (κ3) is 5.86. The van der Waals surface area contributed by atoms with E-state index >= 15 is 0 Å². The van der Waals surface area contributed by atoms with Gasteiger partial charge in [-0.05, 0) is 55.9 Å². The van der Waals surface area contributed by atoms with Gasteiger partial charge in [0.05, 0.1) is 19.3 Å². The fourth-order valence-electron chi connectivity index (χ4n) is 3.37. The lowest BCUT2D eigenvalue weighted by atomic mass is 9.96. The average Bonchev–Trinajstić information content (AvgIpc) is 2.79. The van der Waals surface area contributed by atoms with Crippen LogP contribution in [0.4, 0.5) is 0 Å². The Balaban J connectivity index is 1.80. The van der Waals surface area contributed by atoms with E-state index in [-0.39, 0.29) is 12.0 Å². The van der Waals surface area contributed by atoms with Gasteiger partial charge >= 0.3 is 5.97 Å². The van der Waals surface area contributed by atoms with Crippen LogP contribution in [0.25, 0.3) is 0 Å². The Morgan fingerprint density at radius 1 is 1.16 bits per heavy atom. The SMILES string of the molecule is CCOC(=O)C1=C(C)NC(SCCc2ccc(OC)cc2)=NC1c1ccccc1SC. The second-order valence-electron chi connectivity index (χ2n) is 6.91. The number of aryl methyl sites for hydroxylation is 1. The largest absolute Gasteiger partial charge is 0.497 e. The molecule has 3 rings (SSSR count). The summed E-state index contributed by atoms with van der Waals surface area (Å²) >= 11 is 3.31. The van der Waals surface area contributed by atoms with E-state index in [1.807, 2.05) is 50.4 Å². The fraction of sp³-hybridized carbons (Fsp3) is 0.333. The maximum Gasteiger partial charge on any atom is 0.338 e. The summed E-state index contributed by atoms with van der Waals surface area (Å²) in [5.74, 6) is 1.41. The van der Waals surface area contributed by atoms with Crippen molar-refractivity contribution in [3.05, 3.63) is 70.9 Å². The van der Waals surface area contributed by atoms with E-state index < -0.39 is 0 Å². The summed E-state index contributed by atoms with van der Waals surface area (Å²) in [7, 11) is 1.67. The third-order valence-corrected chi connectivity index (χ3v) is 6.64. The molecule has 0 spiro atoms. The van der Waals surface area contributed by atoms with Gasteiger partial charge in [-0.15, -0.1) is 11.8 Å². The van der Waals surface area contributed by atoms with Crippen LogP contribution in [0, 0.1) is 0 Å². The summed E-state index contributed by atoms with van der Waals surface area (Å²) in [6.45, 7) is 4.07. The number of ether oxygens (including phenoxy) is 2. The molecule has 0 fully saturated rings. The highest BCUT2D eigenvalue weighted by Crippen LogP contribution is 2.37. The lowest BCUT2D eigenvalue weighted by Gasteiger charge is -2.26. The Bertz CT molecular complexity index is 971. The number of methoxy groups -OCH3 is 1. The second kappa shape index (κ2) is 11.3. The van der Waals surface area contributed by atoms with Crippen molar-refractivity contribution in [1.82, 2.24) is 5.32 Å². The van der Waals surface area contributed by atoms with E-state index in [1.54, 1.807) is 30.6 Å². The highest BCUT2D eigenvalue weighted by atomic mass is 32.2. The van der Waals surface area contributed by atoms with Crippen LogP contribution in [0.2, 0.25) is 0 Å². The maximum atomic E-state index is 12.7. The van der Waals surface area contributed by atoms with Crippen LogP contribution in [0.5, 0.6) is 5.75 Å². The standard InChI is InChI=1S/C24H28N2O3S2/c1-5-29-23(27)21-16(2)25-24(26-22(21)19-8-6-7-9-20(19)30-4)31-15-14-17-10-12-18(28-3)13-11-17/h6-13,22H,5,14-15H2,1-4H3,(H,25,26). The highest BCUT2D eigenvalue weighted by Gasteiger charge is 2.31. The van der Waals surface area contributed by atoms with Crippen LogP contribution < -0.4 is 10.1 Å². The normalized spacial score (nSPS) is 15.9. The molecule has 0 bridgehead atoms. The van der Waals surface area contributed by atoms with E-state index in [1.165, 1.54) is 5.56 Å². The average molecular weight is 457 g/mol. The van der Waals surface area contributed by atoms with Gasteiger partial charge in [0.25, 0.3) is 0 Å². The van der Waals surface area contributed by atoms with Crippen LogP contribution in [-0.2, 0) is 16.0 Å². The quantitative estimate of drug-likeness (QED) is 0.434. The lowest BCUT2D eigenvalue weighted by Crippen LogP contribution is -2.31. The van der Waals surface area contributed by atoms with Gasteiger partial charge < -0.3 is 14.8 Å². The number of nitrogens with one attached hydrogen (secondary N) is 1. The number of hydrogen-bond donors (Lipinski definition) is 1. The van der Waals surface area contributed by atoms with Crippen molar-refractivity contribution >= 4 is 34.7 Å². The molecule has 31 heavy (non-hydrogen) atoms. The van der Waals surface area contributed by atoms with Crippen molar-refractivity contribution in [3.63, 3.8) is 0 Å². The molecule has 0 saturated heterocycles. The first kappa shape index (κ1) is 23.3. The van der Waals surface area contributed by atoms with Gasteiger partial charge in [-0.25, -0.2) is 9.79 Å². The number of carbonyl (C=O) groups excluding carboxylic acids is 1. The number of carbonyl (C=O) groups is 1. The molecule has 2 aromatic carbocycles. The molecular formula is C24H28N2O3S2. The van der Waals surface area contributed by atoms with Crippen molar-refractivity contribution in [2.24, 2.45) is 4.99 Å². The number of aliphatic imine (C=N–C) groups is 1. The molecule has 1 unspecified atom stereocenters. The van der Waals surface area contributed by atoms with Gasteiger partial charge in [-0.3, -0.25) is 0 Å². The van der Waals surface area contributed by atoms with Gasteiger partial charge in [0.1, 0.15) is 11.8 Å². The first-order chi connectivity index (χ1) is 15.1. The van der Waals surface area contributed by atoms with Gasteiger partial charge in [0.2, 0.25) is 0 Å². The molecule has 1 aliphatic rings. The van der Waals surface area contributed by atoms with Crippen LogP contribution in [0.1, 0.15) is 31.0 Å². The van der Waals surface area contributed by atoms with Crippen molar-refractivity contribution in [1.29, 1.82) is 0 Å². The molecule has 1 atom stereocenters. The highest BCUT2D eigenvalue weighted by molar-refractivity contribution is 8.13. The van der Waals surface area contributed by atoms with Gasteiger partial charge in [-0.1, -0.05) is 42.1 Å². The smallest absolute Gasteiger partial charge is 0.338 e. The minimum absolute atomic E-state index is 0.320. The van der Waals surface area contributed by atoms with E-state index in [0.29, 0.717) is 12.2 Å². The number of esters is 1. The molecule has 0 aliphatic carbocycles. The summed E-state index contributed by atoms with van der Waals surface area (Å²) < 4.78 is 10.6. The molecule has 0 amide bonds.